The molecule has 22 heavy (non-hydrogen) atoms. The van der Waals surface area contributed by atoms with Gasteiger partial charge in [0.05, 0.1) is 0 Å². The first-order valence-corrected chi connectivity index (χ1v) is 20.4. The molecule has 4 nitrogen and oxygen atoms in total. The van der Waals surface area contributed by atoms with Gasteiger partial charge in [-0.2, -0.15) is 0 Å². The summed E-state index contributed by atoms with van der Waals surface area (Å²) in [5.74, 6) is 0. The fourth-order valence-electron chi connectivity index (χ4n) is 2.77. The lowest BCUT2D eigenvalue weighted by molar-refractivity contribution is 0.318. The van der Waals surface area contributed by atoms with Gasteiger partial charge in [0.25, 0.3) is 0 Å². The van der Waals surface area contributed by atoms with Crippen LogP contribution in [0.5, 0.6) is 0 Å². The Hall–Kier alpha value is 0.708. The van der Waals surface area contributed by atoms with Crippen molar-refractivity contribution in [2.75, 3.05) is 20.6 Å². The summed E-state index contributed by atoms with van der Waals surface area (Å²) in [6.45, 7) is 21.1. The number of rotatable bonds is 10. The van der Waals surface area contributed by atoms with Crippen LogP contribution in [0, 0.1) is 0 Å². The fraction of sp³-hybridized carbons (Fsp3) is 1.00. The molecule has 0 aromatic heterocycles. The van der Waals surface area contributed by atoms with Crippen LogP contribution in [-0.4, -0.2) is 59.3 Å². The Bertz CT molecular complexity index is 340. The zero-order valence-electron chi connectivity index (χ0n) is 16.8. The van der Waals surface area contributed by atoms with Crippen molar-refractivity contribution in [2.45, 2.75) is 71.4 Å². The second-order valence-electron chi connectivity index (χ2n) is 8.97. The monoisotopic (exact) mass is 381 g/mol. The minimum absolute atomic E-state index is 1.04. The van der Waals surface area contributed by atoms with Gasteiger partial charge in [-0.3, -0.25) is 0 Å². The van der Waals surface area contributed by atoms with E-state index in [9.17, 15) is 0 Å². The summed E-state index contributed by atoms with van der Waals surface area (Å²) in [4.78, 5) is 2.23. The Kier molecular flexibility index (Phi) is 8.46. The van der Waals surface area contributed by atoms with Crippen molar-refractivity contribution in [3.8, 4) is 0 Å². The van der Waals surface area contributed by atoms with Gasteiger partial charge in [0.1, 0.15) is 0 Å². The highest BCUT2D eigenvalue weighted by Gasteiger charge is 2.44. The maximum absolute atomic E-state index is 6.64. The highest BCUT2D eigenvalue weighted by atomic mass is 28.5. The molecule has 0 fully saturated rings. The lowest BCUT2D eigenvalue weighted by Crippen LogP contribution is -2.56. The maximum atomic E-state index is 6.64. The second kappa shape index (κ2) is 8.19. The molecular weight excluding hydrogens is 343 g/mol. The van der Waals surface area contributed by atoms with Crippen molar-refractivity contribution in [3.05, 3.63) is 0 Å². The molecule has 0 bridgehead atoms. The van der Waals surface area contributed by atoms with Crippen LogP contribution in [0.1, 0.15) is 6.42 Å². The molecule has 1 atom stereocenters. The molecule has 0 radical (unpaired) electrons. The van der Waals surface area contributed by atoms with Crippen LogP contribution in [0.4, 0.5) is 0 Å². The third-order valence-corrected chi connectivity index (χ3v) is 16.3. The first kappa shape index (κ1) is 22.7. The standard InChI is InChI=1S/C14H39NO3Si4/c1-15(2)13-12-14-22(11,17-20(6,7)8)18-21(9,10)16-19(3,4)5/h12-14H2,1-11H3. The van der Waals surface area contributed by atoms with E-state index >= 15 is 0 Å². The highest BCUT2D eigenvalue weighted by Crippen LogP contribution is 2.27. The van der Waals surface area contributed by atoms with E-state index in [1.165, 1.54) is 0 Å². The normalized spacial score (nSPS) is 16.9. The van der Waals surface area contributed by atoms with Gasteiger partial charge in [-0.15, -0.1) is 0 Å². The van der Waals surface area contributed by atoms with Gasteiger partial charge < -0.3 is 17.2 Å². The molecule has 134 valence electrons. The van der Waals surface area contributed by atoms with Crippen molar-refractivity contribution in [1.29, 1.82) is 0 Å². The average molecular weight is 382 g/mol. The highest BCUT2D eigenvalue weighted by molar-refractivity contribution is 6.89. The number of hydrogen-bond donors (Lipinski definition) is 0. The fourth-order valence-corrected chi connectivity index (χ4v) is 20.7. The van der Waals surface area contributed by atoms with E-state index in [0.29, 0.717) is 0 Å². The van der Waals surface area contributed by atoms with Crippen molar-refractivity contribution in [3.63, 3.8) is 0 Å². The number of hydrogen-bond acceptors (Lipinski definition) is 4. The summed E-state index contributed by atoms with van der Waals surface area (Å²) < 4.78 is 19.6. The molecule has 8 heteroatoms. The van der Waals surface area contributed by atoms with Crippen LogP contribution < -0.4 is 0 Å². The van der Waals surface area contributed by atoms with Gasteiger partial charge in [0.2, 0.25) is 0 Å². The van der Waals surface area contributed by atoms with E-state index in [1.54, 1.807) is 0 Å². The molecule has 0 heterocycles. The van der Waals surface area contributed by atoms with Gasteiger partial charge in [0, 0.05) is 0 Å². The van der Waals surface area contributed by atoms with Gasteiger partial charge in [-0.05, 0) is 92.0 Å². The zero-order valence-corrected chi connectivity index (χ0v) is 20.8. The first-order chi connectivity index (χ1) is 9.54. The van der Waals surface area contributed by atoms with E-state index in [1.807, 2.05) is 0 Å². The molecule has 0 aromatic carbocycles. The lowest BCUT2D eigenvalue weighted by atomic mass is 10.5. The van der Waals surface area contributed by atoms with Gasteiger partial charge >= 0.3 is 17.1 Å². The van der Waals surface area contributed by atoms with Crippen LogP contribution in [0.15, 0.2) is 0 Å². The van der Waals surface area contributed by atoms with Gasteiger partial charge in [0.15, 0.2) is 16.6 Å². The maximum Gasteiger partial charge on any atom is 0.315 e. The average Bonchev–Trinajstić information content (AvgIpc) is 2.05. The first-order valence-electron chi connectivity index (χ1n) is 8.29. The molecule has 0 saturated heterocycles. The van der Waals surface area contributed by atoms with Crippen LogP contribution in [0.2, 0.25) is 65.0 Å². The summed E-state index contributed by atoms with van der Waals surface area (Å²) in [5.41, 5.74) is 0. The predicted octanol–water partition coefficient (Wildman–Crippen LogP) is 4.43. The van der Waals surface area contributed by atoms with Gasteiger partial charge in [-0.25, -0.2) is 0 Å². The van der Waals surface area contributed by atoms with Crippen molar-refractivity contribution in [2.24, 2.45) is 0 Å². The Morgan fingerprint density at radius 3 is 1.50 bits per heavy atom. The molecule has 0 aliphatic heterocycles. The summed E-state index contributed by atoms with van der Waals surface area (Å²) in [7, 11) is -3.32. The quantitative estimate of drug-likeness (QED) is 0.524. The van der Waals surface area contributed by atoms with Crippen molar-refractivity contribution >= 4 is 33.8 Å². The lowest BCUT2D eigenvalue weighted by Gasteiger charge is -2.41. The Balaban J connectivity index is 4.98. The molecule has 0 N–H and O–H groups in total. The van der Waals surface area contributed by atoms with Crippen LogP contribution >= 0.6 is 0 Å². The van der Waals surface area contributed by atoms with Crippen molar-refractivity contribution < 1.29 is 12.3 Å². The van der Waals surface area contributed by atoms with Crippen LogP contribution in [0.3, 0.4) is 0 Å². The molecule has 0 rings (SSSR count). The van der Waals surface area contributed by atoms with Gasteiger partial charge in [-0.1, -0.05) is 0 Å². The molecule has 0 saturated carbocycles. The Morgan fingerprint density at radius 2 is 1.14 bits per heavy atom. The van der Waals surface area contributed by atoms with Crippen LogP contribution in [-0.2, 0) is 12.3 Å². The number of nitrogens with zero attached hydrogens (tertiary/aromatic N) is 1. The molecule has 0 aliphatic rings. The smallest absolute Gasteiger partial charge is 0.315 e. The minimum atomic E-state index is -2.19. The third kappa shape index (κ3) is 12.2. The Morgan fingerprint density at radius 1 is 0.682 bits per heavy atom. The molecule has 0 amide bonds. The molecular formula is C14H39NO3Si4. The summed E-state index contributed by atoms with van der Waals surface area (Å²) in [5, 5.41) is 0. The van der Waals surface area contributed by atoms with E-state index in [0.717, 1.165) is 19.0 Å². The topological polar surface area (TPSA) is 30.9 Å². The summed E-state index contributed by atoms with van der Waals surface area (Å²) >= 11 is 0. The summed E-state index contributed by atoms with van der Waals surface area (Å²) in [6, 6.07) is 1.04. The Labute approximate surface area is 143 Å². The van der Waals surface area contributed by atoms with E-state index < -0.39 is 33.8 Å². The molecule has 1 unspecified atom stereocenters. The minimum Gasteiger partial charge on any atom is -0.437 e. The third-order valence-electron chi connectivity index (χ3n) is 2.77. The van der Waals surface area contributed by atoms with E-state index in [-0.39, 0.29) is 0 Å². The van der Waals surface area contributed by atoms with E-state index in [4.69, 9.17) is 12.3 Å². The zero-order chi connectivity index (χ0) is 17.8. The SMILES string of the molecule is CN(C)CCC[Si](C)(O[Si](C)(C)C)O[Si](C)(C)O[Si](C)(C)C. The molecule has 0 spiro atoms. The second-order valence-corrected chi connectivity index (χ2v) is 25.4. The molecule has 0 aromatic rings. The largest absolute Gasteiger partial charge is 0.437 e. The van der Waals surface area contributed by atoms with Crippen LogP contribution in [0.25, 0.3) is 0 Å². The predicted molar refractivity (Wildman–Crippen MR) is 107 cm³/mol. The van der Waals surface area contributed by atoms with E-state index in [2.05, 4.69) is 77.9 Å². The van der Waals surface area contributed by atoms with Crippen molar-refractivity contribution in [1.82, 2.24) is 4.90 Å². The molecule has 0 aliphatic carbocycles. The summed E-state index contributed by atoms with van der Waals surface area (Å²) in [6.07, 6.45) is 1.12.